The molecule has 0 saturated carbocycles. The average molecular weight is 312 g/mol. The van der Waals surface area contributed by atoms with E-state index in [0.29, 0.717) is 17.0 Å². The van der Waals surface area contributed by atoms with Gasteiger partial charge in [0.1, 0.15) is 5.75 Å². The fourth-order valence-corrected chi connectivity index (χ4v) is 1.95. The van der Waals surface area contributed by atoms with Crippen LogP contribution < -0.4 is 10.1 Å². The van der Waals surface area contributed by atoms with Crippen LogP contribution in [0.15, 0.2) is 54.6 Å². The number of hydrogen-bond acceptors (Lipinski definition) is 3. The number of anilines is 1. The van der Waals surface area contributed by atoms with Crippen molar-refractivity contribution >= 4 is 17.5 Å². The second-order valence-corrected chi connectivity index (χ2v) is 5.34. The molecule has 1 atom stereocenters. The van der Waals surface area contributed by atoms with E-state index in [4.69, 9.17) is 4.74 Å². The van der Waals surface area contributed by atoms with Crippen LogP contribution in [-0.2, 0) is 4.79 Å². The smallest absolute Gasteiger partial charge is 0.265 e. The van der Waals surface area contributed by atoms with E-state index < -0.39 is 6.10 Å². The van der Waals surface area contributed by atoms with Crippen LogP contribution in [0.1, 0.15) is 17.3 Å². The van der Waals surface area contributed by atoms with Crippen molar-refractivity contribution in [1.82, 2.24) is 4.90 Å². The number of carbonyl (C=O) groups is 2. The zero-order valence-electron chi connectivity index (χ0n) is 13.4. The Kier molecular flexibility index (Phi) is 5.36. The molecule has 0 aromatic heterocycles. The summed E-state index contributed by atoms with van der Waals surface area (Å²) in [5, 5.41) is 2.77. The molecule has 5 heteroatoms. The number of ether oxygens (including phenoxy) is 1. The van der Waals surface area contributed by atoms with E-state index in [2.05, 4.69) is 5.32 Å². The highest BCUT2D eigenvalue weighted by Gasteiger charge is 2.15. The first kappa shape index (κ1) is 16.5. The third-order valence-electron chi connectivity index (χ3n) is 3.23. The summed E-state index contributed by atoms with van der Waals surface area (Å²) in [6.45, 7) is 1.69. The van der Waals surface area contributed by atoms with Gasteiger partial charge in [-0.05, 0) is 43.3 Å². The molecule has 0 unspecified atom stereocenters. The van der Waals surface area contributed by atoms with Crippen LogP contribution in [0.25, 0.3) is 0 Å². The molecule has 0 aliphatic carbocycles. The molecule has 2 aromatic rings. The number of carbonyl (C=O) groups excluding carboxylic acids is 2. The van der Waals surface area contributed by atoms with Crippen LogP contribution in [0.2, 0.25) is 0 Å². The maximum Gasteiger partial charge on any atom is 0.265 e. The Bertz CT molecular complexity index is 666. The Labute approximate surface area is 135 Å². The van der Waals surface area contributed by atoms with Crippen LogP contribution in [-0.4, -0.2) is 36.9 Å². The van der Waals surface area contributed by atoms with Gasteiger partial charge in [-0.25, -0.2) is 0 Å². The third kappa shape index (κ3) is 4.57. The molecule has 0 aliphatic rings. The minimum Gasteiger partial charge on any atom is -0.481 e. The Morgan fingerprint density at radius 2 is 1.61 bits per heavy atom. The highest BCUT2D eigenvalue weighted by molar-refractivity contribution is 5.96. The minimum atomic E-state index is -0.625. The van der Waals surface area contributed by atoms with Gasteiger partial charge in [0.05, 0.1) is 0 Å². The lowest BCUT2D eigenvalue weighted by Gasteiger charge is -2.15. The summed E-state index contributed by atoms with van der Waals surface area (Å²) in [4.78, 5) is 25.4. The predicted molar refractivity (Wildman–Crippen MR) is 89.6 cm³/mol. The van der Waals surface area contributed by atoms with Crippen molar-refractivity contribution < 1.29 is 14.3 Å². The molecule has 0 saturated heterocycles. The summed E-state index contributed by atoms with van der Waals surface area (Å²) in [7, 11) is 3.39. The molecule has 23 heavy (non-hydrogen) atoms. The first-order chi connectivity index (χ1) is 11.0. The lowest BCUT2D eigenvalue weighted by molar-refractivity contribution is -0.122. The molecular formula is C18H20N2O3. The van der Waals surface area contributed by atoms with Crippen molar-refractivity contribution in [1.29, 1.82) is 0 Å². The quantitative estimate of drug-likeness (QED) is 0.923. The zero-order chi connectivity index (χ0) is 16.8. The highest BCUT2D eigenvalue weighted by Crippen LogP contribution is 2.14. The number of nitrogens with zero attached hydrogens (tertiary/aromatic N) is 1. The van der Waals surface area contributed by atoms with E-state index in [0.717, 1.165) is 0 Å². The van der Waals surface area contributed by atoms with E-state index >= 15 is 0 Å². The normalized spacial score (nSPS) is 11.4. The fraction of sp³-hybridized carbons (Fsp3) is 0.222. The van der Waals surface area contributed by atoms with E-state index in [1.54, 1.807) is 57.4 Å². The van der Waals surface area contributed by atoms with Gasteiger partial charge in [-0.3, -0.25) is 9.59 Å². The number of benzene rings is 2. The summed E-state index contributed by atoms with van der Waals surface area (Å²) >= 11 is 0. The average Bonchev–Trinajstić information content (AvgIpc) is 2.55. The monoisotopic (exact) mass is 312 g/mol. The van der Waals surface area contributed by atoms with Gasteiger partial charge >= 0.3 is 0 Å². The molecule has 1 N–H and O–H groups in total. The van der Waals surface area contributed by atoms with Gasteiger partial charge in [0, 0.05) is 25.3 Å². The summed E-state index contributed by atoms with van der Waals surface area (Å²) < 4.78 is 5.57. The van der Waals surface area contributed by atoms with Gasteiger partial charge < -0.3 is 15.0 Å². The first-order valence-corrected chi connectivity index (χ1v) is 7.31. The van der Waals surface area contributed by atoms with Crippen LogP contribution in [0.4, 0.5) is 5.69 Å². The zero-order valence-corrected chi connectivity index (χ0v) is 13.4. The molecule has 2 amide bonds. The van der Waals surface area contributed by atoms with E-state index in [1.807, 2.05) is 18.2 Å². The fourth-order valence-electron chi connectivity index (χ4n) is 1.95. The number of rotatable bonds is 5. The lowest BCUT2D eigenvalue weighted by atomic mass is 10.2. The molecule has 0 radical (unpaired) electrons. The lowest BCUT2D eigenvalue weighted by Crippen LogP contribution is -2.30. The Hall–Kier alpha value is -2.82. The second kappa shape index (κ2) is 7.45. The molecule has 0 spiro atoms. The topological polar surface area (TPSA) is 58.6 Å². The largest absolute Gasteiger partial charge is 0.481 e. The predicted octanol–water partition coefficient (Wildman–Crippen LogP) is 2.79. The minimum absolute atomic E-state index is 0.0799. The Balaban J connectivity index is 1.96. The van der Waals surface area contributed by atoms with Crippen molar-refractivity contribution in [3.05, 3.63) is 60.2 Å². The first-order valence-electron chi connectivity index (χ1n) is 7.31. The van der Waals surface area contributed by atoms with Gasteiger partial charge in [-0.1, -0.05) is 18.2 Å². The molecule has 0 aliphatic heterocycles. The molecule has 5 nitrogen and oxygen atoms in total. The Morgan fingerprint density at radius 1 is 1.00 bits per heavy atom. The number of hydrogen-bond donors (Lipinski definition) is 1. The van der Waals surface area contributed by atoms with E-state index in [-0.39, 0.29) is 11.8 Å². The van der Waals surface area contributed by atoms with Gasteiger partial charge in [-0.15, -0.1) is 0 Å². The van der Waals surface area contributed by atoms with Crippen LogP contribution in [0.5, 0.6) is 5.75 Å². The molecule has 0 bridgehead atoms. The van der Waals surface area contributed by atoms with Gasteiger partial charge in [0.2, 0.25) is 0 Å². The van der Waals surface area contributed by atoms with E-state index in [1.165, 1.54) is 4.90 Å². The standard InChI is InChI=1S/C18H20N2O3/c1-13(23-16-7-5-4-6-8-16)17(21)19-15-11-9-14(10-12-15)18(22)20(2)3/h4-13H,1-3H3,(H,19,21)/t13-/m0/s1. The van der Waals surface area contributed by atoms with Crippen molar-refractivity contribution in [2.75, 3.05) is 19.4 Å². The van der Waals surface area contributed by atoms with Crippen LogP contribution in [0.3, 0.4) is 0 Å². The number of para-hydroxylation sites is 1. The Morgan fingerprint density at radius 3 is 2.17 bits per heavy atom. The molecule has 120 valence electrons. The number of nitrogens with one attached hydrogen (secondary N) is 1. The summed E-state index contributed by atoms with van der Waals surface area (Å²) in [6, 6.07) is 15.9. The second-order valence-electron chi connectivity index (χ2n) is 5.34. The maximum absolute atomic E-state index is 12.1. The molecular weight excluding hydrogens is 292 g/mol. The molecule has 0 heterocycles. The summed E-state index contributed by atoms with van der Waals surface area (Å²) in [5.41, 5.74) is 1.19. The van der Waals surface area contributed by atoms with Crippen molar-refractivity contribution in [3.8, 4) is 5.75 Å². The van der Waals surface area contributed by atoms with Crippen molar-refractivity contribution in [2.24, 2.45) is 0 Å². The summed E-state index contributed by atoms with van der Waals surface area (Å²) in [6.07, 6.45) is -0.625. The highest BCUT2D eigenvalue weighted by atomic mass is 16.5. The molecule has 0 fully saturated rings. The number of amides is 2. The SMILES string of the molecule is C[C@H](Oc1ccccc1)C(=O)Nc1ccc(C(=O)N(C)C)cc1. The molecule has 2 aromatic carbocycles. The van der Waals surface area contributed by atoms with Crippen LogP contribution in [0, 0.1) is 0 Å². The van der Waals surface area contributed by atoms with Gasteiger partial charge in [0.15, 0.2) is 6.10 Å². The van der Waals surface area contributed by atoms with Crippen molar-refractivity contribution in [2.45, 2.75) is 13.0 Å². The van der Waals surface area contributed by atoms with Gasteiger partial charge in [0.25, 0.3) is 11.8 Å². The van der Waals surface area contributed by atoms with Gasteiger partial charge in [-0.2, -0.15) is 0 Å². The van der Waals surface area contributed by atoms with Crippen molar-refractivity contribution in [3.63, 3.8) is 0 Å². The van der Waals surface area contributed by atoms with Crippen LogP contribution >= 0.6 is 0 Å². The maximum atomic E-state index is 12.1. The third-order valence-corrected chi connectivity index (χ3v) is 3.23. The molecule has 2 rings (SSSR count). The van der Waals surface area contributed by atoms with E-state index in [9.17, 15) is 9.59 Å². The summed E-state index contributed by atoms with van der Waals surface area (Å²) in [5.74, 6) is 0.311.